The van der Waals surface area contributed by atoms with E-state index in [0.29, 0.717) is 19.6 Å². The molecule has 0 aromatic carbocycles. The van der Waals surface area contributed by atoms with E-state index in [0.717, 1.165) is 0 Å². The highest BCUT2D eigenvalue weighted by Gasteiger charge is 2.55. The molecule has 1 fully saturated rings. The molecule has 0 N–H and O–H groups in total. The minimum Gasteiger partial charge on any atom is -0.382 e. The maximum Gasteiger partial charge on any atom is 0.251 e. The summed E-state index contributed by atoms with van der Waals surface area (Å²) >= 11 is 0. The van der Waals surface area contributed by atoms with Gasteiger partial charge in [-0.25, -0.2) is 8.78 Å². The molecule has 0 aromatic rings. The molecule has 1 aliphatic carbocycles. The zero-order valence-corrected chi connectivity index (χ0v) is 6.07. The number of rotatable bonds is 4. The molecule has 10 heavy (non-hydrogen) atoms. The summed E-state index contributed by atoms with van der Waals surface area (Å²) in [5.74, 6) is -2.75. The van der Waals surface area contributed by atoms with Gasteiger partial charge in [-0.3, -0.25) is 0 Å². The van der Waals surface area contributed by atoms with Gasteiger partial charge in [-0.05, 0) is 13.3 Å². The van der Waals surface area contributed by atoms with Gasteiger partial charge in [0.2, 0.25) is 0 Å². The summed E-state index contributed by atoms with van der Waals surface area (Å²) in [6, 6.07) is 0. The average molecular weight is 150 g/mol. The van der Waals surface area contributed by atoms with Crippen molar-refractivity contribution in [1.29, 1.82) is 0 Å². The predicted molar refractivity (Wildman–Crippen MR) is 34.2 cm³/mol. The van der Waals surface area contributed by atoms with Gasteiger partial charge in [0.25, 0.3) is 5.92 Å². The topological polar surface area (TPSA) is 9.23 Å². The summed E-state index contributed by atoms with van der Waals surface area (Å²) in [4.78, 5) is 0. The number of alkyl halides is 2. The van der Waals surface area contributed by atoms with Crippen molar-refractivity contribution in [1.82, 2.24) is 0 Å². The molecule has 0 aliphatic heterocycles. The quantitative estimate of drug-likeness (QED) is 0.557. The maximum atomic E-state index is 12.2. The van der Waals surface area contributed by atoms with Crippen LogP contribution < -0.4 is 0 Å². The third kappa shape index (κ3) is 1.90. The average Bonchev–Trinajstić information content (AvgIpc) is 2.41. The number of hydrogen-bond acceptors (Lipinski definition) is 1. The summed E-state index contributed by atoms with van der Waals surface area (Å²) < 4.78 is 29.3. The molecule has 0 aromatic heterocycles. The van der Waals surface area contributed by atoms with E-state index in [-0.39, 0.29) is 12.3 Å². The Balaban J connectivity index is 1.97. The first-order chi connectivity index (χ1) is 4.67. The molecular formula is C7H12F2O. The van der Waals surface area contributed by atoms with Crippen LogP contribution in [0.4, 0.5) is 8.78 Å². The molecule has 0 bridgehead atoms. The van der Waals surface area contributed by atoms with Crippen LogP contribution in [0.25, 0.3) is 0 Å². The van der Waals surface area contributed by atoms with Crippen molar-refractivity contribution in [3.63, 3.8) is 0 Å². The molecule has 1 unspecified atom stereocenters. The van der Waals surface area contributed by atoms with E-state index in [1.165, 1.54) is 0 Å². The van der Waals surface area contributed by atoms with Gasteiger partial charge >= 0.3 is 0 Å². The van der Waals surface area contributed by atoms with Gasteiger partial charge in [0.15, 0.2) is 0 Å². The van der Waals surface area contributed by atoms with Crippen LogP contribution in [0.5, 0.6) is 0 Å². The molecule has 0 radical (unpaired) electrons. The van der Waals surface area contributed by atoms with Crippen LogP contribution in [-0.2, 0) is 4.74 Å². The molecule has 60 valence electrons. The molecule has 1 rings (SSSR count). The van der Waals surface area contributed by atoms with E-state index in [1.807, 2.05) is 6.92 Å². The molecule has 0 saturated heterocycles. The Bertz CT molecular complexity index is 114. The summed E-state index contributed by atoms with van der Waals surface area (Å²) in [7, 11) is 0. The number of ether oxygens (including phenoxy) is 1. The fraction of sp³-hybridized carbons (Fsp3) is 1.00. The molecule has 1 nitrogen and oxygen atoms in total. The van der Waals surface area contributed by atoms with Gasteiger partial charge in [-0.1, -0.05) is 0 Å². The van der Waals surface area contributed by atoms with Gasteiger partial charge in [-0.2, -0.15) is 0 Å². The van der Waals surface area contributed by atoms with Crippen molar-refractivity contribution >= 4 is 0 Å². The monoisotopic (exact) mass is 150 g/mol. The molecule has 3 heteroatoms. The van der Waals surface area contributed by atoms with Crippen LogP contribution in [0, 0.1) is 5.92 Å². The van der Waals surface area contributed by atoms with Gasteiger partial charge in [0.1, 0.15) is 0 Å². The van der Waals surface area contributed by atoms with Crippen molar-refractivity contribution < 1.29 is 13.5 Å². The number of hydrogen-bond donors (Lipinski definition) is 0. The highest BCUT2D eigenvalue weighted by molar-refractivity contribution is 4.94. The van der Waals surface area contributed by atoms with E-state index in [4.69, 9.17) is 4.74 Å². The highest BCUT2D eigenvalue weighted by atomic mass is 19.3. The van der Waals surface area contributed by atoms with Crippen molar-refractivity contribution in [3.8, 4) is 0 Å². The van der Waals surface area contributed by atoms with Crippen LogP contribution >= 0.6 is 0 Å². The molecule has 1 atom stereocenters. The first kappa shape index (κ1) is 7.92. The second-order valence-corrected chi connectivity index (χ2v) is 2.65. The Kier molecular flexibility index (Phi) is 2.24. The molecule has 1 saturated carbocycles. The minimum atomic E-state index is -2.36. The Labute approximate surface area is 59.4 Å². The molecule has 1 aliphatic rings. The lowest BCUT2D eigenvalue weighted by Crippen LogP contribution is -1.99. The van der Waals surface area contributed by atoms with Crippen LogP contribution in [-0.4, -0.2) is 19.1 Å². The van der Waals surface area contributed by atoms with Crippen LogP contribution in [0.2, 0.25) is 0 Å². The fourth-order valence-electron chi connectivity index (χ4n) is 0.953. The van der Waals surface area contributed by atoms with Crippen LogP contribution in [0.3, 0.4) is 0 Å². The normalized spacial score (nSPS) is 28.5. The summed E-state index contributed by atoms with van der Waals surface area (Å²) in [6.45, 7) is 2.97. The van der Waals surface area contributed by atoms with Gasteiger partial charge in [-0.15, -0.1) is 0 Å². The lowest BCUT2D eigenvalue weighted by Gasteiger charge is -1.98. The molecule has 0 spiro atoms. The lowest BCUT2D eigenvalue weighted by molar-refractivity contribution is 0.0808. The highest BCUT2D eigenvalue weighted by Crippen LogP contribution is 2.50. The van der Waals surface area contributed by atoms with Gasteiger partial charge < -0.3 is 4.74 Å². The minimum absolute atomic E-state index is 0.0695. The SMILES string of the molecule is CCOCCC1CC1(F)F. The van der Waals surface area contributed by atoms with Crippen molar-refractivity contribution in [3.05, 3.63) is 0 Å². The zero-order chi connectivity index (χ0) is 7.61. The summed E-state index contributed by atoms with van der Waals surface area (Å²) in [5.41, 5.74) is 0. The maximum absolute atomic E-state index is 12.2. The van der Waals surface area contributed by atoms with E-state index >= 15 is 0 Å². The van der Waals surface area contributed by atoms with Gasteiger partial charge in [0.05, 0.1) is 0 Å². The Hall–Kier alpha value is -0.180. The fourth-order valence-corrected chi connectivity index (χ4v) is 0.953. The van der Waals surface area contributed by atoms with Gasteiger partial charge in [0, 0.05) is 25.6 Å². The van der Waals surface area contributed by atoms with E-state index in [1.54, 1.807) is 0 Å². The smallest absolute Gasteiger partial charge is 0.251 e. The lowest BCUT2D eigenvalue weighted by atomic mass is 10.3. The van der Waals surface area contributed by atoms with Crippen molar-refractivity contribution in [2.75, 3.05) is 13.2 Å². The Morgan fingerprint density at radius 1 is 1.60 bits per heavy atom. The van der Waals surface area contributed by atoms with Crippen molar-refractivity contribution in [2.45, 2.75) is 25.7 Å². The predicted octanol–water partition coefficient (Wildman–Crippen LogP) is 2.07. The second kappa shape index (κ2) is 2.82. The Morgan fingerprint density at radius 2 is 2.20 bits per heavy atom. The Morgan fingerprint density at radius 3 is 2.60 bits per heavy atom. The molecule has 0 heterocycles. The number of halogens is 2. The largest absolute Gasteiger partial charge is 0.382 e. The first-order valence-corrected chi connectivity index (χ1v) is 3.62. The van der Waals surface area contributed by atoms with E-state index in [9.17, 15) is 8.78 Å². The molecular weight excluding hydrogens is 138 g/mol. The van der Waals surface area contributed by atoms with E-state index < -0.39 is 5.92 Å². The second-order valence-electron chi connectivity index (χ2n) is 2.65. The van der Waals surface area contributed by atoms with E-state index in [2.05, 4.69) is 0 Å². The third-order valence-electron chi connectivity index (χ3n) is 1.77. The molecule has 0 amide bonds. The third-order valence-corrected chi connectivity index (χ3v) is 1.77. The first-order valence-electron chi connectivity index (χ1n) is 3.62. The summed E-state index contributed by atoms with van der Waals surface area (Å²) in [5, 5.41) is 0. The van der Waals surface area contributed by atoms with Crippen LogP contribution in [0.1, 0.15) is 19.8 Å². The van der Waals surface area contributed by atoms with Crippen LogP contribution in [0.15, 0.2) is 0 Å². The summed E-state index contributed by atoms with van der Waals surface area (Å²) in [6.07, 6.45) is 0.584. The zero-order valence-electron chi connectivity index (χ0n) is 6.07. The van der Waals surface area contributed by atoms with Crippen molar-refractivity contribution in [2.24, 2.45) is 5.92 Å². The standard InChI is InChI=1S/C7H12F2O/c1-2-10-4-3-6-5-7(6,8)9/h6H,2-5H2,1H3.